The number of fused-ring (bicyclic) bond motifs is 5. The first-order valence-corrected chi connectivity index (χ1v) is 8.39. The topological polar surface area (TPSA) is 21.7 Å². The van der Waals surface area contributed by atoms with E-state index in [0.29, 0.717) is 6.04 Å². The van der Waals surface area contributed by atoms with Gasteiger partial charge in [-0.1, -0.05) is 12.5 Å². The molecule has 0 spiro atoms. The van der Waals surface area contributed by atoms with Gasteiger partial charge in [0, 0.05) is 11.6 Å². The molecule has 4 rings (SSSR count). The summed E-state index contributed by atoms with van der Waals surface area (Å²) in [6.45, 7) is 4.49. The van der Waals surface area contributed by atoms with Gasteiger partial charge in [-0.25, -0.2) is 0 Å². The van der Waals surface area contributed by atoms with Crippen LogP contribution in [0.3, 0.4) is 0 Å². The lowest BCUT2D eigenvalue weighted by molar-refractivity contribution is 0.0881. The number of rotatable bonds is 1. The summed E-state index contributed by atoms with van der Waals surface area (Å²) in [6, 6.07) is 6.94. The van der Waals surface area contributed by atoms with Gasteiger partial charge in [-0.2, -0.15) is 0 Å². The molecular formula is C18H24BNO2. The first-order chi connectivity index (χ1) is 10.6. The third-order valence-electron chi connectivity index (χ3n) is 5.44. The average Bonchev–Trinajstić information content (AvgIpc) is 2.89. The molecule has 1 aliphatic carbocycles. The zero-order chi connectivity index (χ0) is 15.3. The van der Waals surface area contributed by atoms with E-state index in [1.54, 1.807) is 7.11 Å². The van der Waals surface area contributed by atoms with Crippen molar-refractivity contribution in [2.45, 2.75) is 51.2 Å². The molecule has 2 aliphatic heterocycles. The molecule has 2 heterocycles. The van der Waals surface area contributed by atoms with Crippen LogP contribution in [0.1, 0.15) is 45.1 Å². The van der Waals surface area contributed by atoms with Crippen LogP contribution in [0.25, 0.3) is 6.08 Å². The van der Waals surface area contributed by atoms with Gasteiger partial charge in [-0.15, -0.1) is 0 Å². The minimum Gasteiger partial charge on any atom is -0.497 e. The molecule has 0 N–H and O–H groups in total. The highest BCUT2D eigenvalue weighted by molar-refractivity contribution is 6.66. The highest BCUT2D eigenvalue weighted by Gasteiger charge is 2.47. The van der Waals surface area contributed by atoms with E-state index in [4.69, 9.17) is 9.39 Å². The maximum atomic E-state index is 6.57. The van der Waals surface area contributed by atoms with E-state index in [-0.39, 0.29) is 12.7 Å². The quantitative estimate of drug-likeness (QED) is 0.744. The minimum atomic E-state index is -0.0744. The minimum absolute atomic E-state index is 0.0361. The molecule has 1 aromatic rings. The second-order valence-corrected chi connectivity index (χ2v) is 7.45. The first kappa shape index (κ1) is 14.2. The lowest BCUT2D eigenvalue weighted by Crippen LogP contribution is -2.55. The molecule has 0 aromatic heterocycles. The first-order valence-electron chi connectivity index (χ1n) is 8.39. The van der Waals surface area contributed by atoms with E-state index in [1.807, 2.05) is 6.07 Å². The van der Waals surface area contributed by atoms with Gasteiger partial charge in [0.05, 0.1) is 7.11 Å². The molecule has 4 heteroatoms. The molecule has 0 radical (unpaired) electrons. The van der Waals surface area contributed by atoms with Gasteiger partial charge in [0.2, 0.25) is 0 Å². The molecular weight excluding hydrogens is 273 g/mol. The Bertz CT molecular complexity index is 613. The fraction of sp³-hybridized carbons (Fsp3) is 0.556. The highest BCUT2D eigenvalue weighted by atomic mass is 16.5. The van der Waals surface area contributed by atoms with Gasteiger partial charge in [-0.3, -0.25) is 0 Å². The zero-order valence-corrected chi connectivity index (χ0v) is 13.7. The van der Waals surface area contributed by atoms with Crippen LogP contribution in [0.4, 0.5) is 0 Å². The van der Waals surface area contributed by atoms with Crippen molar-refractivity contribution in [3.05, 3.63) is 30.0 Å². The smallest absolute Gasteiger partial charge is 0.452 e. The van der Waals surface area contributed by atoms with Crippen molar-refractivity contribution in [2.24, 2.45) is 5.92 Å². The summed E-state index contributed by atoms with van der Waals surface area (Å²) in [6.07, 6.45) is 9.59. The standard InChI is InChI=1S/C18H24BNO2/c1-18(2)12-14-5-4-6-17(14)20-10-9-13-11-15(21-3)7-8-16(13)19(20)22-18/h7-11,14,17H,4-6,12H2,1-3H3. The molecule has 0 bridgehead atoms. The maximum Gasteiger partial charge on any atom is 0.452 e. The van der Waals surface area contributed by atoms with E-state index in [0.717, 1.165) is 18.1 Å². The van der Waals surface area contributed by atoms with Crippen LogP contribution >= 0.6 is 0 Å². The molecule has 2 atom stereocenters. The van der Waals surface area contributed by atoms with Crippen LogP contribution in [-0.2, 0) is 4.65 Å². The predicted molar refractivity (Wildman–Crippen MR) is 90.2 cm³/mol. The number of benzene rings is 1. The third-order valence-corrected chi connectivity index (χ3v) is 5.44. The highest BCUT2D eigenvalue weighted by Crippen LogP contribution is 2.41. The Morgan fingerprint density at radius 3 is 3.00 bits per heavy atom. The number of nitrogens with zero attached hydrogens (tertiary/aromatic N) is 1. The number of hydrogen-bond acceptors (Lipinski definition) is 3. The summed E-state index contributed by atoms with van der Waals surface area (Å²) >= 11 is 0. The van der Waals surface area contributed by atoms with Crippen LogP contribution < -0.4 is 10.2 Å². The van der Waals surface area contributed by atoms with Crippen molar-refractivity contribution < 1.29 is 9.39 Å². The van der Waals surface area contributed by atoms with Crippen molar-refractivity contribution >= 4 is 18.6 Å². The Hall–Kier alpha value is -1.42. The van der Waals surface area contributed by atoms with Gasteiger partial charge in [0.15, 0.2) is 0 Å². The number of methoxy groups -OCH3 is 1. The van der Waals surface area contributed by atoms with E-state index in [1.165, 1.54) is 30.3 Å². The Kier molecular flexibility index (Phi) is 3.26. The molecule has 22 heavy (non-hydrogen) atoms. The van der Waals surface area contributed by atoms with Gasteiger partial charge < -0.3 is 14.2 Å². The average molecular weight is 297 g/mol. The molecule has 3 nitrogen and oxygen atoms in total. The molecule has 2 fully saturated rings. The molecule has 3 aliphatic rings. The third kappa shape index (κ3) is 2.25. The number of hydrogen-bond donors (Lipinski definition) is 0. The van der Waals surface area contributed by atoms with Crippen molar-refractivity contribution in [2.75, 3.05) is 7.11 Å². The van der Waals surface area contributed by atoms with Crippen molar-refractivity contribution in [1.29, 1.82) is 0 Å². The maximum absolute atomic E-state index is 6.57. The summed E-state index contributed by atoms with van der Waals surface area (Å²) in [7, 11) is 1.75. The second kappa shape index (κ2) is 5.05. The Morgan fingerprint density at radius 2 is 2.18 bits per heavy atom. The summed E-state index contributed by atoms with van der Waals surface area (Å²) in [5.41, 5.74) is 2.41. The molecule has 1 saturated carbocycles. The fourth-order valence-corrected chi connectivity index (χ4v) is 4.49. The number of ether oxygens (including phenoxy) is 1. The Balaban J connectivity index is 1.77. The lowest BCUT2D eigenvalue weighted by Gasteiger charge is -2.37. The van der Waals surface area contributed by atoms with Crippen LogP contribution in [0.5, 0.6) is 5.75 Å². The van der Waals surface area contributed by atoms with Crippen LogP contribution in [0, 0.1) is 5.92 Å². The second-order valence-electron chi connectivity index (χ2n) is 7.45. The van der Waals surface area contributed by atoms with Crippen LogP contribution in [0.15, 0.2) is 24.4 Å². The van der Waals surface area contributed by atoms with E-state index in [2.05, 4.69) is 43.1 Å². The largest absolute Gasteiger partial charge is 0.497 e. The van der Waals surface area contributed by atoms with Gasteiger partial charge >= 0.3 is 7.05 Å². The van der Waals surface area contributed by atoms with E-state index >= 15 is 0 Å². The summed E-state index contributed by atoms with van der Waals surface area (Å²) in [5, 5.41) is 0. The summed E-state index contributed by atoms with van der Waals surface area (Å²) in [5.74, 6) is 1.66. The summed E-state index contributed by atoms with van der Waals surface area (Å²) < 4.78 is 11.9. The SMILES string of the molecule is COc1ccc2c(c1)C=CN1B2OC(C)(C)CC2CCCC21. The molecule has 2 unspecified atom stereocenters. The monoisotopic (exact) mass is 297 g/mol. The van der Waals surface area contributed by atoms with E-state index in [9.17, 15) is 0 Å². The normalized spacial score (nSPS) is 28.7. The lowest BCUT2D eigenvalue weighted by atomic mass is 9.66. The molecule has 116 valence electrons. The molecule has 0 amide bonds. The molecule has 1 saturated heterocycles. The van der Waals surface area contributed by atoms with Crippen molar-refractivity contribution in [3.63, 3.8) is 0 Å². The van der Waals surface area contributed by atoms with E-state index < -0.39 is 0 Å². The van der Waals surface area contributed by atoms with Gasteiger partial charge in [-0.05, 0) is 74.5 Å². The fourth-order valence-electron chi connectivity index (χ4n) is 4.49. The Labute approximate surface area is 133 Å². The Morgan fingerprint density at radius 1 is 1.32 bits per heavy atom. The predicted octanol–water partition coefficient (Wildman–Crippen LogP) is 3.04. The van der Waals surface area contributed by atoms with Crippen molar-refractivity contribution in [1.82, 2.24) is 4.81 Å². The zero-order valence-electron chi connectivity index (χ0n) is 13.7. The van der Waals surface area contributed by atoms with Crippen LogP contribution in [-0.4, -0.2) is 30.6 Å². The van der Waals surface area contributed by atoms with Gasteiger partial charge in [0.25, 0.3) is 0 Å². The summed E-state index contributed by atoms with van der Waals surface area (Å²) in [4.78, 5) is 2.47. The van der Waals surface area contributed by atoms with Crippen molar-refractivity contribution in [3.8, 4) is 5.75 Å². The molecule has 1 aromatic carbocycles. The van der Waals surface area contributed by atoms with Crippen LogP contribution in [0.2, 0.25) is 0 Å². The van der Waals surface area contributed by atoms with Gasteiger partial charge in [0.1, 0.15) is 5.75 Å².